The summed E-state index contributed by atoms with van der Waals surface area (Å²) in [6, 6.07) is 10.3. The summed E-state index contributed by atoms with van der Waals surface area (Å²) in [5, 5.41) is 4.58. The van der Waals surface area contributed by atoms with E-state index < -0.39 is 0 Å². The molecule has 0 aliphatic heterocycles. The van der Waals surface area contributed by atoms with E-state index in [1.807, 2.05) is 45.9 Å². The minimum Gasteiger partial charge on any atom is -0.381 e. The van der Waals surface area contributed by atoms with E-state index in [2.05, 4.69) is 38.5 Å². The fourth-order valence-electron chi connectivity index (χ4n) is 2.81. The molecule has 4 heteroatoms. The number of rotatable bonds is 4. The molecule has 0 bridgehead atoms. The van der Waals surface area contributed by atoms with Crippen molar-refractivity contribution in [3.63, 3.8) is 0 Å². The van der Waals surface area contributed by atoms with Gasteiger partial charge in [-0.3, -0.25) is 4.98 Å². The average molecular weight is 318 g/mol. The first-order valence-corrected chi connectivity index (χ1v) is 8.14. The first kappa shape index (κ1) is 16.1. The number of pyridine rings is 3. The molecule has 0 amide bonds. The van der Waals surface area contributed by atoms with Crippen LogP contribution < -0.4 is 5.32 Å². The van der Waals surface area contributed by atoms with Crippen LogP contribution >= 0.6 is 0 Å². The van der Waals surface area contributed by atoms with Crippen LogP contribution in [0.4, 0.5) is 0 Å². The maximum Gasteiger partial charge on any atom is 0.159 e. The van der Waals surface area contributed by atoms with E-state index in [1.54, 1.807) is 6.20 Å². The van der Waals surface area contributed by atoms with Crippen molar-refractivity contribution < 1.29 is 0 Å². The van der Waals surface area contributed by atoms with Crippen LogP contribution in [0, 0.1) is 20.8 Å². The lowest BCUT2D eigenvalue weighted by atomic mass is 10.1. The zero-order valence-electron chi connectivity index (χ0n) is 14.6. The Labute approximate surface area is 142 Å². The van der Waals surface area contributed by atoms with Gasteiger partial charge >= 0.3 is 0 Å². The van der Waals surface area contributed by atoms with Gasteiger partial charge < -0.3 is 5.32 Å². The number of nitrogens with zero attached hydrogens (tertiary/aromatic N) is 3. The first-order chi connectivity index (χ1) is 11.6. The third-order valence-electron chi connectivity index (χ3n) is 4.16. The van der Waals surface area contributed by atoms with Crippen LogP contribution in [0.1, 0.15) is 35.1 Å². The lowest BCUT2D eigenvalue weighted by Gasteiger charge is -2.15. The number of hydrogen-bond acceptors (Lipinski definition) is 4. The van der Waals surface area contributed by atoms with Crippen molar-refractivity contribution in [2.24, 2.45) is 0 Å². The standard InChI is InChI=1S/C20H22N4/c1-5-19(22-12-17-9-8-13(2)23-14(17)3)18-11-16-7-6-10-21-20(16)24-15(18)4/h5-11,22H,12H2,1-4H3. The number of allylic oxidation sites excluding steroid dienone is 1. The molecule has 3 aromatic heterocycles. The third kappa shape index (κ3) is 3.27. The van der Waals surface area contributed by atoms with Crippen molar-refractivity contribution >= 4 is 16.7 Å². The average Bonchev–Trinajstić information content (AvgIpc) is 2.57. The molecule has 0 spiro atoms. The molecule has 0 radical (unpaired) electrons. The number of nitrogens with one attached hydrogen (secondary N) is 1. The molecule has 0 aliphatic rings. The van der Waals surface area contributed by atoms with E-state index in [-0.39, 0.29) is 0 Å². The zero-order chi connectivity index (χ0) is 17.1. The Morgan fingerprint density at radius 2 is 1.92 bits per heavy atom. The Balaban J connectivity index is 1.88. The van der Waals surface area contributed by atoms with Gasteiger partial charge in [0.1, 0.15) is 0 Å². The number of aromatic nitrogens is 3. The molecule has 4 nitrogen and oxygen atoms in total. The van der Waals surface area contributed by atoms with Crippen LogP contribution in [-0.4, -0.2) is 15.0 Å². The quantitative estimate of drug-likeness (QED) is 0.787. The summed E-state index contributed by atoms with van der Waals surface area (Å²) >= 11 is 0. The van der Waals surface area contributed by atoms with Gasteiger partial charge in [-0.1, -0.05) is 12.1 Å². The topological polar surface area (TPSA) is 50.7 Å². The van der Waals surface area contributed by atoms with E-state index in [9.17, 15) is 0 Å². The van der Waals surface area contributed by atoms with Gasteiger partial charge in [0, 0.05) is 46.5 Å². The van der Waals surface area contributed by atoms with Gasteiger partial charge in [0.25, 0.3) is 0 Å². The lowest BCUT2D eigenvalue weighted by Crippen LogP contribution is -2.14. The smallest absolute Gasteiger partial charge is 0.159 e. The van der Waals surface area contributed by atoms with Crippen molar-refractivity contribution in [1.82, 2.24) is 20.3 Å². The molecule has 0 saturated carbocycles. The summed E-state index contributed by atoms with van der Waals surface area (Å²) in [5.74, 6) is 0. The fraction of sp³-hybridized carbons (Fsp3) is 0.250. The predicted octanol–water partition coefficient (Wildman–Crippen LogP) is 4.10. The number of aryl methyl sites for hydroxylation is 3. The second-order valence-electron chi connectivity index (χ2n) is 5.92. The van der Waals surface area contributed by atoms with Crippen molar-refractivity contribution in [3.8, 4) is 0 Å². The second-order valence-corrected chi connectivity index (χ2v) is 5.92. The largest absolute Gasteiger partial charge is 0.381 e. The molecule has 0 fully saturated rings. The van der Waals surface area contributed by atoms with Crippen molar-refractivity contribution in [2.45, 2.75) is 34.2 Å². The molecule has 24 heavy (non-hydrogen) atoms. The maximum absolute atomic E-state index is 4.62. The highest BCUT2D eigenvalue weighted by Gasteiger charge is 2.09. The maximum atomic E-state index is 4.62. The van der Waals surface area contributed by atoms with Crippen LogP contribution in [0.5, 0.6) is 0 Å². The van der Waals surface area contributed by atoms with Crippen molar-refractivity contribution in [1.29, 1.82) is 0 Å². The van der Waals surface area contributed by atoms with E-state index in [0.29, 0.717) is 0 Å². The monoisotopic (exact) mass is 318 g/mol. The second kappa shape index (κ2) is 6.79. The summed E-state index contributed by atoms with van der Waals surface area (Å²) < 4.78 is 0. The number of hydrogen-bond donors (Lipinski definition) is 1. The van der Waals surface area contributed by atoms with Gasteiger partial charge in [-0.25, -0.2) is 9.97 Å². The highest BCUT2D eigenvalue weighted by atomic mass is 14.9. The molecule has 3 rings (SSSR count). The van der Waals surface area contributed by atoms with Gasteiger partial charge in [0.05, 0.1) is 0 Å². The molecule has 1 N–H and O–H groups in total. The highest BCUT2D eigenvalue weighted by Crippen LogP contribution is 2.21. The molecule has 3 heterocycles. The van der Waals surface area contributed by atoms with Crippen LogP contribution in [-0.2, 0) is 6.54 Å². The Morgan fingerprint density at radius 3 is 2.67 bits per heavy atom. The molecule has 0 atom stereocenters. The van der Waals surface area contributed by atoms with E-state index >= 15 is 0 Å². The normalized spacial score (nSPS) is 11.8. The van der Waals surface area contributed by atoms with Gasteiger partial charge in [-0.15, -0.1) is 0 Å². The van der Waals surface area contributed by atoms with Crippen molar-refractivity contribution in [2.75, 3.05) is 0 Å². The van der Waals surface area contributed by atoms with Crippen LogP contribution in [0.15, 0.2) is 42.6 Å². The lowest BCUT2D eigenvalue weighted by molar-refractivity contribution is 0.862. The molecule has 0 unspecified atom stereocenters. The molecule has 0 aliphatic carbocycles. The summed E-state index contributed by atoms with van der Waals surface area (Å²) in [6.45, 7) is 8.86. The van der Waals surface area contributed by atoms with Gasteiger partial charge in [-0.05, 0) is 57.5 Å². The summed E-state index contributed by atoms with van der Waals surface area (Å²) in [5.41, 5.74) is 7.25. The van der Waals surface area contributed by atoms with E-state index in [0.717, 1.165) is 45.9 Å². The van der Waals surface area contributed by atoms with E-state index in [1.165, 1.54) is 5.56 Å². The molecule has 0 saturated heterocycles. The molecular weight excluding hydrogens is 296 g/mol. The zero-order valence-corrected chi connectivity index (χ0v) is 14.6. The molecule has 122 valence electrons. The summed E-state index contributed by atoms with van der Waals surface area (Å²) in [7, 11) is 0. The fourth-order valence-corrected chi connectivity index (χ4v) is 2.81. The van der Waals surface area contributed by atoms with Crippen LogP contribution in [0.2, 0.25) is 0 Å². The molecule has 0 aromatic carbocycles. The van der Waals surface area contributed by atoms with Crippen molar-refractivity contribution in [3.05, 3.63) is 70.8 Å². The van der Waals surface area contributed by atoms with Crippen LogP contribution in [0.25, 0.3) is 16.7 Å². The molecule has 3 aromatic rings. The van der Waals surface area contributed by atoms with Crippen LogP contribution in [0.3, 0.4) is 0 Å². The van der Waals surface area contributed by atoms with Gasteiger partial charge in [0.2, 0.25) is 0 Å². The minimum atomic E-state index is 0.739. The Morgan fingerprint density at radius 1 is 1.08 bits per heavy atom. The predicted molar refractivity (Wildman–Crippen MR) is 98.5 cm³/mol. The SMILES string of the molecule is CC=C(NCc1ccc(C)nc1C)c1cc2cccnc2nc1C. The first-order valence-electron chi connectivity index (χ1n) is 8.14. The van der Waals surface area contributed by atoms with E-state index in [4.69, 9.17) is 0 Å². The number of fused-ring (bicyclic) bond motifs is 1. The minimum absolute atomic E-state index is 0.739. The highest BCUT2D eigenvalue weighted by molar-refractivity contribution is 5.80. The third-order valence-corrected chi connectivity index (χ3v) is 4.16. The molecular formula is C20H22N4. The Kier molecular flexibility index (Phi) is 4.56. The van der Waals surface area contributed by atoms with Gasteiger partial charge in [0.15, 0.2) is 5.65 Å². The Bertz CT molecular complexity index is 913. The summed E-state index contributed by atoms with van der Waals surface area (Å²) in [4.78, 5) is 13.5. The summed E-state index contributed by atoms with van der Waals surface area (Å²) in [6.07, 6.45) is 3.86. The van der Waals surface area contributed by atoms with Gasteiger partial charge in [-0.2, -0.15) is 0 Å². The Hall–Kier alpha value is -2.75.